The number of sulfonamides is 1. The fraction of sp³-hybridized carbons (Fsp3) is 0.100. The Hall–Kier alpha value is -3.19. The zero-order valence-electron chi connectivity index (χ0n) is 14.5. The van der Waals surface area contributed by atoms with Crippen LogP contribution in [0.15, 0.2) is 90.1 Å². The average molecular weight is 381 g/mol. The first-order chi connectivity index (χ1) is 13.1. The summed E-state index contributed by atoms with van der Waals surface area (Å²) in [6.07, 6.45) is 3.30. The lowest BCUT2D eigenvalue weighted by Crippen LogP contribution is -2.40. The van der Waals surface area contributed by atoms with E-state index in [1.165, 1.54) is 12.1 Å². The van der Waals surface area contributed by atoms with E-state index >= 15 is 0 Å². The van der Waals surface area contributed by atoms with E-state index in [0.29, 0.717) is 5.69 Å². The molecule has 1 heterocycles. The van der Waals surface area contributed by atoms with Crippen molar-refractivity contribution in [3.63, 3.8) is 0 Å². The van der Waals surface area contributed by atoms with Crippen molar-refractivity contribution >= 4 is 21.6 Å². The Kier molecular flexibility index (Phi) is 5.83. The van der Waals surface area contributed by atoms with Gasteiger partial charge in [-0.2, -0.15) is 0 Å². The van der Waals surface area contributed by atoms with Crippen LogP contribution in [0.1, 0.15) is 5.56 Å². The highest BCUT2D eigenvalue weighted by Gasteiger charge is 2.26. The van der Waals surface area contributed by atoms with Gasteiger partial charge in [0.15, 0.2) is 0 Å². The van der Waals surface area contributed by atoms with Crippen LogP contribution >= 0.6 is 0 Å². The van der Waals surface area contributed by atoms with Gasteiger partial charge >= 0.3 is 0 Å². The van der Waals surface area contributed by atoms with Crippen LogP contribution in [0, 0.1) is 0 Å². The second-order valence-electron chi connectivity index (χ2n) is 5.80. The highest BCUT2D eigenvalue weighted by molar-refractivity contribution is 7.92. The SMILES string of the molecule is O=C(CN(c1ccccc1)S(=O)(=O)c1ccccc1)NCc1cccnc1. The van der Waals surface area contributed by atoms with Gasteiger partial charge in [0, 0.05) is 18.9 Å². The van der Waals surface area contributed by atoms with Gasteiger partial charge in [-0.25, -0.2) is 8.42 Å². The van der Waals surface area contributed by atoms with Crippen LogP contribution < -0.4 is 9.62 Å². The Morgan fingerprint density at radius 2 is 1.59 bits per heavy atom. The predicted molar refractivity (Wildman–Crippen MR) is 103 cm³/mol. The van der Waals surface area contributed by atoms with Crippen LogP contribution in [0.2, 0.25) is 0 Å². The number of amides is 1. The fourth-order valence-electron chi connectivity index (χ4n) is 2.52. The number of hydrogen-bond donors (Lipinski definition) is 1. The zero-order valence-corrected chi connectivity index (χ0v) is 15.3. The topological polar surface area (TPSA) is 79.4 Å². The summed E-state index contributed by atoms with van der Waals surface area (Å²) in [7, 11) is -3.87. The van der Waals surface area contributed by atoms with Crippen molar-refractivity contribution < 1.29 is 13.2 Å². The van der Waals surface area contributed by atoms with Crippen LogP contribution in [0.25, 0.3) is 0 Å². The Bertz CT molecular complexity index is 979. The molecule has 6 nitrogen and oxygen atoms in total. The number of rotatable bonds is 7. The number of carbonyl (C=O) groups excluding carboxylic acids is 1. The Morgan fingerprint density at radius 3 is 2.22 bits per heavy atom. The third-order valence-electron chi connectivity index (χ3n) is 3.88. The van der Waals surface area contributed by atoms with Gasteiger partial charge in [0.1, 0.15) is 6.54 Å². The molecule has 0 aliphatic carbocycles. The monoisotopic (exact) mass is 381 g/mol. The van der Waals surface area contributed by atoms with Gasteiger partial charge in [0.25, 0.3) is 10.0 Å². The first-order valence-corrected chi connectivity index (χ1v) is 9.80. The van der Waals surface area contributed by atoms with Gasteiger partial charge < -0.3 is 5.32 Å². The molecule has 0 fully saturated rings. The van der Waals surface area contributed by atoms with Crippen molar-refractivity contribution in [1.82, 2.24) is 10.3 Å². The Balaban J connectivity index is 1.82. The average Bonchev–Trinajstić information content (AvgIpc) is 2.72. The molecule has 3 aromatic rings. The molecule has 0 radical (unpaired) electrons. The van der Waals surface area contributed by atoms with Gasteiger partial charge in [-0.15, -0.1) is 0 Å². The summed E-state index contributed by atoms with van der Waals surface area (Å²) in [6, 6.07) is 20.3. The molecule has 7 heteroatoms. The first kappa shape index (κ1) is 18.6. The van der Waals surface area contributed by atoms with Gasteiger partial charge in [-0.3, -0.25) is 14.1 Å². The third-order valence-corrected chi connectivity index (χ3v) is 5.66. The zero-order chi connectivity index (χ0) is 19.1. The number of pyridine rings is 1. The third kappa shape index (κ3) is 4.71. The summed E-state index contributed by atoms with van der Waals surface area (Å²) in [5.74, 6) is -0.401. The molecule has 3 rings (SSSR count). The lowest BCUT2D eigenvalue weighted by Gasteiger charge is -2.24. The normalized spacial score (nSPS) is 11.0. The van der Waals surface area contributed by atoms with Gasteiger partial charge in [0.05, 0.1) is 10.6 Å². The van der Waals surface area contributed by atoms with E-state index in [1.54, 1.807) is 67.0 Å². The molecular weight excluding hydrogens is 362 g/mol. The maximum Gasteiger partial charge on any atom is 0.264 e. The Morgan fingerprint density at radius 1 is 0.926 bits per heavy atom. The molecule has 0 aliphatic heterocycles. The number of para-hydroxylation sites is 1. The number of carbonyl (C=O) groups is 1. The molecule has 27 heavy (non-hydrogen) atoms. The van der Waals surface area contributed by atoms with Crippen molar-refractivity contribution in [2.24, 2.45) is 0 Å². The molecule has 0 spiro atoms. The molecule has 0 aliphatic rings. The summed E-state index contributed by atoms with van der Waals surface area (Å²) in [5.41, 5.74) is 1.26. The molecule has 1 N–H and O–H groups in total. The highest BCUT2D eigenvalue weighted by atomic mass is 32.2. The van der Waals surface area contributed by atoms with E-state index in [4.69, 9.17) is 0 Å². The molecule has 138 valence electrons. The van der Waals surface area contributed by atoms with E-state index in [-0.39, 0.29) is 18.0 Å². The van der Waals surface area contributed by atoms with E-state index in [2.05, 4.69) is 10.3 Å². The van der Waals surface area contributed by atoms with Crippen molar-refractivity contribution in [1.29, 1.82) is 0 Å². The van der Waals surface area contributed by atoms with E-state index in [0.717, 1.165) is 9.87 Å². The van der Waals surface area contributed by atoms with Gasteiger partial charge in [-0.05, 0) is 35.9 Å². The molecular formula is C20H19N3O3S. The summed E-state index contributed by atoms with van der Waals surface area (Å²) in [4.78, 5) is 16.6. The van der Waals surface area contributed by atoms with Crippen LogP contribution in [0.4, 0.5) is 5.69 Å². The summed E-state index contributed by atoms with van der Waals surface area (Å²) < 4.78 is 27.3. The summed E-state index contributed by atoms with van der Waals surface area (Å²) >= 11 is 0. The van der Waals surface area contributed by atoms with E-state index in [9.17, 15) is 13.2 Å². The lowest BCUT2D eigenvalue weighted by molar-refractivity contribution is -0.119. The quantitative estimate of drug-likeness (QED) is 0.682. The molecule has 1 amide bonds. The molecule has 0 bridgehead atoms. The van der Waals surface area contributed by atoms with Crippen LogP contribution in [0.3, 0.4) is 0 Å². The Labute approximate surface area is 158 Å². The molecule has 0 unspecified atom stereocenters. The lowest BCUT2D eigenvalue weighted by atomic mass is 10.3. The number of hydrogen-bond acceptors (Lipinski definition) is 4. The van der Waals surface area contributed by atoms with Crippen LogP contribution in [-0.4, -0.2) is 25.9 Å². The molecule has 0 saturated carbocycles. The number of aromatic nitrogens is 1. The van der Waals surface area contributed by atoms with Crippen molar-refractivity contribution in [2.45, 2.75) is 11.4 Å². The number of benzene rings is 2. The highest BCUT2D eigenvalue weighted by Crippen LogP contribution is 2.23. The van der Waals surface area contributed by atoms with Crippen LogP contribution in [-0.2, 0) is 21.4 Å². The van der Waals surface area contributed by atoms with E-state index < -0.39 is 15.9 Å². The fourth-order valence-corrected chi connectivity index (χ4v) is 3.96. The summed E-state index contributed by atoms with van der Waals surface area (Å²) in [5, 5.41) is 2.74. The minimum atomic E-state index is -3.87. The second-order valence-corrected chi connectivity index (χ2v) is 7.66. The number of nitrogens with zero attached hydrogens (tertiary/aromatic N) is 2. The number of anilines is 1. The largest absolute Gasteiger partial charge is 0.350 e. The van der Waals surface area contributed by atoms with Crippen molar-refractivity contribution in [3.8, 4) is 0 Å². The second kappa shape index (κ2) is 8.46. The number of nitrogens with one attached hydrogen (secondary N) is 1. The van der Waals surface area contributed by atoms with Gasteiger partial charge in [-0.1, -0.05) is 42.5 Å². The molecule has 0 saturated heterocycles. The van der Waals surface area contributed by atoms with E-state index in [1.807, 2.05) is 6.07 Å². The molecule has 0 atom stereocenters. The minimum Gasteiger partial charge on any atom is -0.350 e. The predicted octanol–water partition coefficient (Wildman–Crippen LogP) is 2.59. The van der Waals surface area contributed by atoms with Crippen molar-refractivity contribution in [3.05, 3.63) is 90.8 Å². The minimum absolute atomic E-state index is 0.133. The van der Waals surface area contributed by atoms with Crippen LogP contribution in [0.5, 0.6) is 0 Å². The summed E-state index contributed by atoms with van der Waals surface area (Å²) in [6.45, 7) is -0.0395. The van der Waals surface area contributed by atoms with Gasteiger partial charge in [0.2, 0.25) is 5.91 Å². The molecule has 2 aromatic carbocycles. The maximum absolute atomic E-state index is 13.1. The standard InChI is InChI=1S/C20H19N3O3S/c24-20(22-15-17-8-7-13-21-14-17)16-23(18-9-3-1-4-10-18)27(25,26)19-11-5-2-6-12-19/h1-14H,15-16H2,(H,22,24). The maximum atomic E-state index is 13.1. The van der Waals surface area contributed by atoms with Crippen molar-refractivity contribution in [2.75, 3.05) is 10.8 Å². The first-order valence-electron chi connectivity index (χ1n) is 8.36. The smallest absolute Gasteiger partial charge is 0.264 e. The molecule has 1 aromatic heterocycles.